The number of carboxylic acids is 1. The molecule has 6 nitrogen and oxygen atoms in total. The molecule has 0 spiro atoms. The van der Waals surface area contributed by atoms with Crippen LogP contribution in [0.1, 0.15) is 33.4 Å². The lowest BCUT2D eigenvalue weighted by Gasteiger charge is -2.08. The third-order valence-electron chi connectivity index (χ3n) is 2.43. The van der Waals surface area contributed by atoms with Crippen LogP contribution in [-0.4, -0.2) is 26.3 Å². The topological polar surface area (TPSA) is 89.1 Å². The second kappa shape index (κ2) is 5.40. The van der Waals surface area contributed by atoms with Crippen LogP contribution >= 0.6 is 11.8 Å². The predicted molar refractivity (Wildman–Crippen MR) is 69.3 cm³/mol. The maximum atomic E-state index is 11.3. The molecule has 100 valence electrons. The lowest BCUT2D eigenvalue weighted by molar-refractivity contribution is 0.0691. The Kier molecular flexibility index (Phi) is 3.84. The number of carboxylic acid groups (broad SMARTS) is 1. The molecule has 0 aliphatic heterocycles. The molecule has 0 unspecified atom stereocenters. The van der Waals surface area contributed by atoms with Crippen LogP contribution in [0.15, 0.2) is 15.5 Å². The number of carbonyl (C=O) groups is 1. The molecule has 2 rings (SSSR count). The second-order valence-electron chi connectivity index (χ2n) is 4.07. The van der Waals surface area contributed by atoms with Gasteiger partial charge in [0.1, 0.15) is 5.03 Å². The van der Waals surface area contributed by atoms with E-state index in [2.05, 4.69) is 15.2 Å². The molecule has 0 bridgehead atoms. The van der Waals surface area contributed by atoms with Crippen molar-refractivity contribution in [3.63, 3.8) is 0 Å². The van der Waals surface area contributed by atoms with Crippen molar-refractivity contribution in [3.8, 4) is 0 Å². The summed E-state index contributed by atoms with van der Waals surface area (Å²) in [6.07, 6.45) is 0. The summed E-state index contributed by atoms with van der Waals surface area (Å²) in [4.78, 5) is 15.5. The minimum atomic E-state index is -0.978. The molecular weight excluding hydrogens is 266 g/mol. The summed E-state index contributed by atoms with van der Waals surface area (Å²) in [7, 11) is 0. The average molecular weight is 279 g/mol. The van der Waals surface area contributed by atoms with Crippen LogP contribution in [0.25, 0.3) is 0 Å². The van der Waals surface area contributed by atoms with Gasteiger partial charge < -0.3 is 9.52 Å². The first-order chi connectivity index (χ1) is 8.97. The molecule has 0 saturated heterocycles. The summed E-state index contributed by atoms with van der Waals surface area (Å²) in [5, 5.41) is 17.3. The molecule has 7 heteroatoms. The summed E-state index contributed by atoms with van der Waals surface area (Å²) in [6, 6.07) is 1.75. The van der Waals surface area contributed by atoms with E-state index in [1.54, 1.807) is 19.9 Å². The van der Waals surface area contributed by atoms with Gasteiger partial charge in [0.15, 0.2) is 0 Å². The van der Waals surface area contributed by atoms with Crippen molar-refractivity contribution in [1.29, 1.82) is 0 Å². The van der Waals surface area contributed by atoms with E-state index in [-0.39, 0.29) is 5.56 Å². The normalized spacial score (nSPS) is 10.7. The van der Waals surface area contributed by atoms with Crippen LogP contribution in [0.4, 0.5) is 0 Å². The Morgan fingerprint density at radius 3 is 2.68 bits per heavy atom. The number of thioether (sulfide) groups is 1. The first-order valence-electron chi connectivity index (χ1n) is 5.60. The highest BCUT2D eigenvalue weighted by atomic mass is 32.2. The van der Waals surface area contributed by atoms with Gasteiger partial charge in [0.2, 0.25) is 11.8 Å². The zero-order chi connectivity index (χ0) is 14.0. The van der Waals surface area contributed by atoms with E-state index >= 15 is 0 Å². The van der Waals surface area contributed by atoms with Crippen LogP contribution < -0.4 is 0 Å². The monoisotopic (exact) mass is 279 g/mol. The quantitative estimate of drug-likeness (QED) is 0.859. The Morgan fingerprint density at radius 2 is 2.11 bits per heavy atom. The minimum absolute atomic E-state index is 0.229. The predicted octanol–water partition coefficient (Wildman–Crippen LogP) is 2.38. The highest BCUT2D eigenvalue weighted by Crippen LogP contribution is 2.26. The van der Waals surface area contributed by atoms with E-state index < -0.39 is 5.97 Å². The highest BCUT2D eigenvalue weighted by Gasteiger charge is 2.17. The molecule has 0 aliphatic rings. The summed E-state index contributed by atoms with van der Waals surface area (Å²) < 4.78 is 5.25. The molecule has 0 fully saturated rings. The lowest BCUT2D eigenvalue weighted by Crippen LogP contribution is -2.05. The van der Waals surface area contributed by atoms with Gasteiger partial charge >= 0.3 is 5.97 Å². The summed E-state index contributed by atoms with van der Waals surface area (Å²) in [6.45, 7) is 5.30. The number of rotatable bonds is 4. The number of aryl methyl sites for hydroxylation is 3. The Balaban J connectivity index is 2.26. The first kappa shape index (κ1) is 13.5. The van der Waals surface area contributed by atoms with Gasteiger partial charge in [-0.2, -0.15) is 0 Å². The van der Waals surface area contributed by atoms with E-state index in [1.165, 1.54) is 11.8 Å². The number of nitrogens with zero attached hydrogens (tertiary/aromatic N) is 3. The smallest absolute Gasteiger partial charge is 0.338 e. The van der Waals surface area contributed by atoms with Crippen LogP contribution in [0.5, 0.6) is 0 Å². The van der Waals surface area contributed by atoms with Gasteiger partial charge in [-0.15, -0.1) is 10.2 Å². The van der Waals surface area contributed by atoms with Crippen molar-refractivity contribution < 1.29 is 14.3 Å². The van der Waals surface area contributed by atoms with Gasteiger partial charge in [-0.1, -0.05) is 11.8 Å². The Hall–Kier alpha value is -1.89. The minimum Gasteiger partial charge on any atom is -0.478 e. The SMILES string of the molecule is Cc1cc(C)c(C(=O)O)c(SCc2nnc(C)o2)n1. The molecule has 0 aliphatic carbocycles. The summed E-state index contributed by atoms with van der Waals surface area (Å²) >= 11 is 1.28. The Morgan fingerprint density at radius 1 is 1.37 bits per heavy atom. The molecule has 0 amide bonds. The van der Waals surface area contributed by atoms with Crippen molar-refractivity contribution in [2.45, 2.75) is 31.6 Å². The molecule has 0 saturated carbocycles. The lowest BCUT2D eigenvalue weighted by atomic mass is 10.1. The molecule has 19 heavy (non-hydrogen) atoms. The number of aromatic nitrogens is 3. The molecular formula is C12H13N3O3S. The third kappa shape index (κ3) is 3.11. The first-order valence-corrected chi connectivity index (χ1v) is 6.59. The molecule has 2 aromatic heterocycles. The number of hydrogen-bond acceptors (Lipinski definition) is 6. The number of pyridine rings is 1. The van der Waals surface area contributed by atoms with E-state index in [0.717, 1.165) is 5.69 Å². The fourth-order valence-electron chi connectivity index (χ4n) is 1.69. The van der Waals surface area contributed by atoms with Gasteiger partial charge in [-0.3, -0.25) is 0 Å². The summed E-state index contributed by atoms with van der Waals surface area (Å²) in [5.74, 6) is 0.369. The van der Waals surface area contributed by atoms with E-state index in [4.69, 9.17) is 4.42 Å². The van der Waals surface area contributed by atoms with Crippen LogP contribution in [0, 0.1) is 20.8 Å². The van der Waals surface area contributed by atoms with Gasteiger partial charge in [0.05, 0.1) is 11.3 Å². The van der Waals surface area contributed by atoms with Crippen molar-refractivity contribution in [2.24, 2.45) is 0 Å². The molecule has 2 heterocycles. The van der Waals surface area contributed by atoms with Crippen LogP contribution in [0.2, 0.25) is 0 Å². The molecule has 1 N–H and O–H groups in total. The van der Waals surface area contributed by atoms with Crippen molar-refractivity contribution in [1.82, 2.24) is 15.2 Å². The van der Waals surface area contributed by atoms with E-state index in [0.29, 0.717) is 28.1 Å². The molecule has 2 aromatic rings. The fourth-order valence-corrected chi connectivity index (χ4v) is 2.67. The third-order valence-corrected chi connectivity index (χ3v) is 3.39. The molecule has 0 aromatic carbocycles. The van der Waals surface area contributed by atoms with E-state index in [1.807, 2.05) is 6.92 Å². The zero-order valence-corrected chi connectivity index (χ0v) is 11.6. The Bertz CT molecular complexity index is 625. The molecule has 0 atom stereocenters. The average Bonchev–Trinajstić information content (AvgIpc) is 2.71. The zero-order valence-electron chi connectivity index (χ0n) is 10.8. The van der Waals surface area contributed by atoms with Gasteiger partial charge in [-0.25, -0.2) is 9.78 Å². The second-order valence-corrected chi connectivity index (χ2v) is 5.03. The van der Waals surface area contributed by atoms with Crippen molar-refractivity contribution in [2.75, 3.05) is 0 Å². The van der Waals surface area contributed by atoms with Gasteiger partial charge in [-0.05, 0) is 25.5 Å². The van der Waals surface area contributed by atoms with Gasteiger partial charge in [0.25, 0.3) is 0 Å². The van der Waals surface area contributed by atoms with Crippen molar-refractivity contribution >= 4 is 17.7 Å². The molecule has 0 radical (unpaired) electrons. The largest absolute Gasteiger partial charge is 0.478 e. The van der Waals surface area contributed by atoms with E-state index in [9.17, 15) is 9.90 Å². The van der Waals surface area contributed by atoms with Crippen LogP contribution in [-0.2, 0) is 5.75 Å². The van der Waals surface area contributed by atoms with Crippen LogP contribution in [0.3, 0.4) is 0 Å². The fraction of sp³-hybridized carbons (Fsp3) is 0.333. The highest BCUT2D eigenvalue weighted by molar-refractivity contribution is 7.98. The number of aromatic carboxylic acids is 1. The maximum absolute atomic E-state index is 11.3. The maximum Gasteiger partial charge on any atom is 0.338 e. The van der Waals surface area contributed by atoms with Gasteiger partial charge in [0, 0.05) is 12.6 Å². The standard InChI is InChI=1S/C12H13N3O3S/c1-6-4-7(2)13-11(10(6)12(16)17)19-5-9-15-14-8(3)18-9/h4H,5H2,1-3H3,(H,16,17). The Labute approximate surface area is 114 Å². The van der Waals surface area contributed by atoms with Crippen molar-refractivity contribution in [3.05, 3.63) is 34.7 Å². The summed E-state index contributed by atoms with van der Waals surface area (Å²) in [5.41, 5.74) is 1.71. The number of hydrogen-bond donors (Lipinski definition) is 1.